The molecule has 0 spiro atoms. The fourth-order valence-corrected chi connectivity index (χ4v) is 3.06. The van der Waals surface area contributed by atoms with Crippen molar-refractivity contribution in [2.24, 2.45) is 0 Å². The van der Waals surface area contributed by atoms with Crippen LogP contribution in [0.2, 0.25) is 0 Å². The molecular weight excluding hydrogens is 282 g/mol. The van der Waals surface area contributed by atoms with Crippen molar-refractivity contribution < 1.29 is 4.42 Å². The van der Waals surface area contributed by atoms with Crippen LogP contribution in [0.3, 0.4) is 0 Å². The molecule has 1 heterocycles. The first-order chi connectivity index (χ1) is 11.3. The third-order valence-corrected chi connectivity index (χ3v) is 4.23. The van der Waals surface area contributed by atoms with E-state index in [1.165, 1.54) is 11.1 Å². The minimum absolute atomic E-state index is 0.183. The van der Waals surface area contributed by atoms with Crippen molar-refractivity contribution in [2.45, 2.75) is 11.8 Å². The third kappa shape index (κ3) is 3.21. The van der Waals surface area contributed by atoms with Gasteiger partial charge in [-0.1, -0.05) is 66.7 Å². The van der Waals surface area contributed by atoms with Crippen molar-refractivity contribution in [1.29, 1.82) is 0 Å². The molecule has 2 aromatic carbocycles. The van der Waals surface area contributed by atoms with Crippen LogP contribution in [0.4, 0.5) is 5.88 Å². The number of rotatable bonds is 7. The highest BCUT2D eigenvalue weighted by atomic mass is 16.3. The number of furan rings is 1. The monoisotopic (exact) mass is 303 g/mol. The van der Waals surface area contributed by atoms with Crippen molar-refractivity contribution in [3.05, 3.63) is 103 Å². The maximum atomic E-state index is 5.44. The minimum atomic E-state index is -0.183. The van der Waals surface area contributed by atoms with Crippen LogP contribution in [0, 0.1) is 0 Å². The second-order valence-electron chi connectivity index (χ2n) is 5.64. The standard InChI is InChI=1S/C21H21NO/c1-2-15-21(18-10-5-3-6-11-18,19-12-7-4-8-13-19)17-22-20-14-9-16-23-20/h2-14,16,22H,1,15,17H2. The zero-order valence-electron chi connectivity index (χ0n) is 13.1. The number of nitrogens with one attached hydrogen (secondary N) is 1. The van der Waals surface area contributed by atoms with Gasteiger partial charge in [-0.15, -0.1) is 6.58 Å². The number of allylic oxidation sites excluding steroid dienone is 1. The fourth-order valence-electron chi connectivity index (χ4n) is 3.06. The normalized spacial score (nSPS) is 11.1. The summed E-state index contributed by atoms with van der Waals surface area (Å²) in [6.07, 6.45) is 4.51. The van der Waals surface area contributed by atoms with Crippen molar-refractivity contribution in [2.75, 3.05) is 11.9 Å². The Morgan fingerprint density at radius 2 is 1.48 bits per heavy atom. The molecule has 23 heavy (non-hydrogen) atoms. The topological polar surface area (TPSA) is 25.2 Å². The molecule has 0 unspecified atom stereocenters. The number of anilines is 1. The van der Waals surface area contributed by atoms with E-state index in [2.05, 4.69) is 60.4 Å². The van der Waals surface area contributed by atoms with Crippen molar-refractivity contribution >= 4 is 5.88 Å². The molecule has 0 aliphatic rings. The largest absolute Gasteiger partial charge is 0.449 e. The van der Waals surface area contributed by atoms with Gasteiger partial charge in [0.1, 0.15) is 0 Å². The Morgan fingerprint density at radius 1 is 0.870 bits per heavy atom. The molecule has 1 aromatic heterocycles. The van der Waals surface area contributed by atoms with Crippen LogP contribution >= 0.6 is 0 Å². The van der Waals surface area contributed by atoms with E-state index < -0.39 is 0 Å². The first kappa shape index (κ1) is 15.2. The van der Waals surface area contributed by atoms with Gasteiger partial charge in [-0.3, -0.25) is 0 Å². The molecule has 1 N–H and O–H groups in total. The Morgan fingerprint density at radius 3 is 1.96 bits per heavy atom. The summed E-state index contributed by atoms with van der Waals surface area (Å²) in [6, 6.07) is 25.0. The molecule has 0 amide bonds. The van der Waals surface area contributed by atoms with Crippen LogP contribution in [0.5, 0.6) is 0 Å². The van der Waals surface area contributed by atoms with E-state index >= 15 is 0 Å². The van der Waals surface area contributed by atoms with Crippen LogP contribution in [0.25, 0.3) is 0 Å². The van der Waals surface area contributed by atoms with E-state index in [1.54, 1.807) is 6.26 Å². The van der Waals surface area contributed by atoms with Crippen LogP contribution < -0.4 is 5.32 Å². The summed E-state index contributed by atoms with van der Waals surface area (Å²) in [4.78, 5) is 0. The van der Waals surface area contributed by atoms with E-state index in [9.17, 15) is 0 Å². The number of hydrogen-bond acceptors (Lipinski definition) is 2. The summed E-state index contributed by atoms with van der Waals surface area (Å²) < 4.78 is 5.44. The molecule has 0 saturated heterocycles. The van der Waals surface area contributed by atoms with Gasteiger partial charge in [0.25, 0.3) is 0 Å². The molecule has 0 fully saturated rings. The summed E-state index contributed by atoms with van der Waals surface area (Å²) >= 11 is 0. The van der Waals surface area contributed by atoms with E-state index in [0.29, 0.717) is 0 Å². The van der Waals surface area contributed by atoms with Gasteiger partial charge in [-0.05, 0) is 23.6 Å². The molecule has 0 radical (unpaired) electrons. The highest BCUT2D eigenvalue weighted by Crippen LogP contribution is 2.36. The zero-order chi connectivity index (χ0) is 16.0. The molecule has 0 bridgehead atoms. The number of hydrogen-bond donors (Lipinski definition) is 1. The molecule has 0 aliphatic carbocycles. The zero-order valence-corrected chi connectivity index (χ0v) is 13.1. The molecular formula is C21H21NO. The van der Waals surface area contributed by atoms with E-state index in [1.807, 2.05) is 30.3 Å². The lowest BCUT2D eigenvalue weighted by molar-refractivity contribution is 0.526. The molecule has 0 aliphatic heterocycles. The smallest absolute Gasteiger partial charge is 0.192 e. The Balaban J connectivity index is 2.04. The van der Waals surface area contributed by atoms with Crippen molar-refractivity contribution in [1.82, 2.24) is 0 Å². The first-order valence-corrected chi connectivity index (χ1v) is 7.84. The van der Waals surface area contributed by atoms with Gasteiger partial charge in [0.05, 0.1) is 6.26 Å². The number of benzene rings is 2. The van der Waals surface area contributed by atoms with Crippen LogP contribution in [0.15, 0.2) is 96.1 Å². The Kier molecular flexibility index (Phi) is 4.62. The van der Waals surface area contributed by atoms with Gasteiger partial charge in [-0.25, -0.2) is 0 Å². The highest BCUT2D eigenvalue weighted by Gasteiger charge is 2.33. The molecule has 0 atom stereocenters. The van der Waals surface area contributed by atoms with Gasteiger partial charge in [0.2, 0.25) is 0 Å². The molecule has 2 heteroatoms. The first-order valence-electron chi connectivity index (χ1n) is 7.84. The maximum Gasteiger partial charge on any atom is 0.192 e. The van der Waals surface area contributed by atoms with Crippen LogP contribution in [-0.4, -0.2) is 6.54 Å². The Bertz CT molecular complexity index is 678. The lowest BCUT2D eigenvalue weighted by Gasteiger charge is -2.34. The summed E-state index contributed by atoms with van der Waals surface area (Å²) in [7, 11) is 0. The fraction of sp³-hybridized carbons (Fsp3) is 0.143. The molecule has 0 saturated carbocycles. The van der Waals surface area contributed by atoms with Gasteiger partial charge in [-0.2, -0.15) is 0 Å². The predicted molar refractivity (Wildman–Crippen MR) is 95.7 cm³/mol. The summed E-state index contributed by atoms with van der Waals surface area (Å²) in [5.74, 6) is 0.783. The lowest BCUT2D eigenvalue weighted by atomic mass is 9.72. The Labute approximate surface area is 137 Å². The summed E-state index contributed by atoms with van der Waals surface area (Å²) in [5, 5.41) is 3.43. The van der Waals surface area contributed by atoms with Gasteiger partial charge in [0.15, 0.2) is 5.88 Å². The van der Waals surface area contributed by atoms with Gasteiger partial charge >= 0.3 is 0 Å². The minimum Gasteiger partial charge on any atom is -0.449 e. The van der Waals surface area contributed by atoms with E-state index in [-0.39, 0.29) is 5.41 Å². The average molecular weight is 303 g/mol. The second-order valence-corrected chi connectivity index (χ2v) is 5.64. The summed E-state index contributed by atoms with van der Waals surface area (Å²) in [6.45, 7) is 4.73. The van der Waals surface area contributed by atoms with Crippen LogP contribution in [-0.2, 0) is 5.41 Å². The van der Waals surface area contributed by atoms with Crippen molar-refractivity contribution in [3.8, 4) is 0 Å². The molecule has 3 aromatic rings. The van der Waals surface area contributed by atoms with Gasteiger partial charge in [0, 0.05) is 18.0 Å². The van der Waals surface area contributed by atoms with Crippen molar-refractivity contribution in [3.63, 3.8) is 0 Å². The highest BCUT2D eigenvalue weighted by molar-refractivity contribution is 5.44. The second kappa shape index (κ2) is 7.01. The lowest BCUT2D eigenvalue weighted by Crippen LogP contribution is -2.35. The SMILES string of the molecule is C=CCC(CNc1ccco1)(c1ccccc1)c1ccccc1. The average Bonchev–Trinajstić information content (AvgIpc) is 3.14. The quantitative estimate of drug-likeness (QED) is 0.603. The molecule has 3 rings (SSSR count). The van der Waals surface area contributed by atoms with E-state index in [0.717, 1.165) is 18.8 Å². The van der Waals surface area contributed by atoms with Crippen LogP contribution in [0.1, 0.15) is 17.5 Å². The third-order valence-electron chi connectivity index (χ3n) is 4.23. The summed E-state index contributed by atoms with van der Waals surface area (Å²) in [5.41, 5.74) is 2.35. The maximum absolute atomic E-state index is 5.44. The van der Waals surface area contributed by atoms with Gasteiger partial charge < -0.3 is 9.73 Å². The molecule has 2 nitrogen and oxygen atoms in total. The van der Waals surface area contributed by atoms with E-state index in [4.69, 9.17) is 4.42 Å². The molecule has 116 valence electrons. The Hall–Kier alpha value is -2.74. The predicted octanol–water partition coefficient (Wildman–Crippen LogP) is 5.25.